The van der Waals surface area contributed by atoms with E-state index in [-0.39, 0.29) is 24.1 Å². The van der Waals surface area contributed by atoms with E-state index in [1.807, 2.05) is 38.1 Å². The van der Waals surface area contributed by atoms with Crippen LogP contribution in [0.25, 0.3) is 0 Å². The van der Waals surface area contributed by atoms with Crippen LogP contribution in [0.2, 0.25) is 10.0 Å². The summed E-state index contributed by atoms with van der Waals surface area (Å²) in [6.07, 6.45) is 2.39. The van der Waals surface area contributed by atoms with E-state index < -0.39 is 6.04 Å². The smallest absolute Gasteiger partial charge is 0.242 e. The van der Waals surface area contributed by atoms with Gasteiger partial charge in [0.05, 0.1) is 5.75 Å². The Morgan fingerprint density at radius 3 is 2.29 bits per heavy atom. The number of aryl methyl sites for hydroxylation is 1. The number of nitrogens with zero attached hydrogens (tertiary/aromatic N) is 1. The minimum absolute atomic E-state index is 0.126. The minimum atomic E-state index is -0.588. The summed E-state index contributed by atoms with van der Waals surface area (Å²) in [5, 5.41) is 3.93. The zero-order valence-corrected chi connectivity index (χ0v) is 20.6. The molecule has 168 valence electrons. The van der Waals surface area contributed by atoms with Gasteiger partial charge in [0.25, 0.3) is 0 Å². The molecule has 4 nitrogen and oxygen atoms in total. The van der Waals surface area contributed by atoms with E-state index in [2.05, 4.69) is 12.2 Å². The topological polar surface area (TPSA) is 49.4 Å². The highest BCUT2D eigenvalue weighted by atomic mass is 35.5. The first-order chi connectivity index (χ1) is 14.9. The van der Waals surface area contributed by atoms with Gasteiger partial charge in [0.2, 0.25) is 11.8 Å². The van der Waals surface area contributed by atoms with E-state index in [4.69, 9.17) is 23.2 Å². The summed E-state index contributed by atoms with van der Waals surface area (Å²) in [4.78, 5) is 28.8. The third-order valence-electron chi connectivity index (χ3n) is 4.99. The third kappa shape index (κ3) is 7.74. The van der Waals surface area contributed by atoms with Gasteiger partial charge in [-0.15, -0.1) is 11.8 Å². The van der Waals surface area contributed by atoms with Crippen molar-refractivity contribution in [2.45, 2.75) is 57.5 Å². The number of benzene rings is 2. The molecule has 31 heavy (non-hydrogen) atoms. The van der Waals surface area contributed by atoms with E-state index >= 15 is 0 Å². The van der Waals surface area contributed by atoms with Crippen LogP contribution in [0.4, 0.5) is 0 Å². The lowest BCUT2D eigenvalue weighted by Gasteiger charge is -2.31. The Morgan fingerprint density at radius 1 is 1.06 bits per heavy atom. The number of carbonyl (C=O) groups is 2. The molecule has 2 aromatic carbocycles. The molecule has 2 aromatic rings. The van der Waals surface area contributed by atoms with Crippen LogP contribution in [0.3, 0.4) is 0 Å². The Labute approximate surface area is 199 Å². The molecule has 7 heteroatoms. The standard InChI is InChI=1S/C24H30Cl2N2O2S/c1-4-6-14-27-24(30)22(5-2)28(15-19-20(25)8-7-9-21(19)26)23(29)16-31-18-12-10-17(3)11-13-18/h7-13,22H,4-6,14-16H2,1-3H3,(H,27,30)/t22-/m1/s1. The summed E-state index contributed by atoms with van der Waals surface area (Å²) in [5.74, 6) is -0.0454. The zero-order chi connectivity index (χ0) is 22.8. The van der Waals surface area contributed by atoms with Gasteiger partial charge in [0, 0.05) is 33.6 Å². The predicted molar refractivity (Wildman–Crippen MR) is 131 cm³/mol. The second-order valence-corrected chi connectivity index (χ2v) is 9.26. The molecule has 0 bridgehead atoms. The van der Waals surface area contributed by atoms with Gasteiger partial charge in [-0.2, -0.15) is 0 Å². The summed E-state index contributed by atoms with van der Waals surface area (Å²) in [6.45, 7) is 6.79. The lowest BCUT2D eigenvalue weighted by molar-refractivity contribution is -0.139. The number of halogens is 2. The molecule has 0 aliphatic rings. The first-order valence-corrected chi connectivity index (χ1v) is 12.3. The van der Waals surface area contributed by atoms with Gasteiger partial charge >= 0.3 is 0 Å². The molecule has 0 heterocycles. The van der Waals surface area contributed by atoms with E-state index in [0.29, 0.717) is 28.6 Å². The Morgan fingerprint density at radius 2 is 1.71 bits per heavy atom. The number of thioether (sulfide) groups is 1. The first-order valence-electron chi connectivity index (χ1n) is 10.6. The number of rotatable bonds is 11. The van der Waals surface area contributed by atoms with Crippen LogP contribution in [0.15, 0.2) is 47.4 Å². The molecule has 0 aliphatic heterocycles. The lowest BCUT2D eigenvalue weighted by atomic mass is 10.1. The highest BCUT2D eigenvalue weighted by Crippen LogP contribution is 2.28. The van der Waals surface area contributed by atoms with Crippen LogP contribution in [-0.4, -0.2) is 35.1 Å². The van der Waals surface area contributed by atoms with Gasteiger partial charge in [-0.3, -0.25) is 9.59 Å². The van der Waals surface area contributed by atoms with Crippen molar-refractivity contribution < 1.29 is 9.59 Å². The Kier molecular flexibility index (Phi) is 10.7. The molecule has 0 saturated heterocycles. The molecule has 2 rings (SSSR count). The second-order valence-electron chi connectivity index (χ2n) is 7.39. The van der Waals surface area contributed by atoms with E-state index in [0.717, 1.165) is 17.7 Å². The SMILES string of the molecule is CCCCNC(=O)[C@@H](CC)N(Cc1c(Cl)cccc1Cl)C(=O)CSc1ccc(C)cc1. The fraction of sp³-hybridized carbons (Fsp3) is 0.417. The normalized spacial score (nSPS) is 11.8. The molecule has 2 amide bonds. The number of hydrogen-bond acceptors (Lipinski definition) is 3. The predicted octanol–water partition coefficient (Wildman–Crippen LogP) is 6.12. The molecular formula is C24H30Cl2N2O2S. The zero-order valence-electron chi connectivity index (χ0n) is 18.3. The third-order valence-corrected chi connectivity index (χ3v) is 6.69. The van der Waals surface area contributed by atoms with Crippen molar-refractivity contribution in [1.82, 2.24) is 10.2 Å². The quantitative estimate of drug-likeness (QED) is 0.311. The summed E-state index contributed by atoms with van der Waals surface area (Å²) < 4.78 is 0. The monoisotopic (exact) mass is 480 g/mol. The molecule has 1 N–H and O–H groups in total. The summed E-state index contributed by atoms with van der Waals surface area (Å²) in [5.41, 5.74) is 1.82. The fourth-order valence-corrected chi connectivity index (χ4v) is 4.44. The van der Waals surface area contributed by atoms with Crippen molar-refractivity contribution in [3.63, 3.8) is 0 Å². The van der Waals surface area contributed by atoms with Gasteiger partial charge in [0.15, 0.2) is 0 Å². The van der Waals surface area contributed by atoms with Gasteiger partial charge in [-0.1, -0.05) is 67.2 Å². The van der Waals surface area contributed by atoms with Crippen molar-refractivity contribution in [3.8, 4) is 0 Å². The van der Waals surface area contributed by atoms with Gasteiger partial charge in [-0.25, -0.2) is 0 Å². The van der Waals surface area contributed by atoms with Crippen LogP contribution in [-0.2, 0) is 16.1 Å². The highest BCUT2D eigenvalue weighted by Gasteiger charge is 2.29. The molecule has 0 spiro atoms. The van der Waals surface area contributed by atoms with E-state index in [1.165, 1.54) is 17.3 Å². The van der Waals surface area contributed by atoms with Crippen molar-refractivity contribution in [2.24, 2.45) is 0 Å². The van der Waals surface area contributed by atoms with Gasteiger partial charge in [0.1, 0.15) is 6.04 Å². The van der Waals surface area contributed by atoms with Gasteiger partial charge < -0.3 is 10.2 Å². The largest absolute Gasteiger partial charge is 0.354 e. The van der Waals surface area contributed by atoms with Crippen molar-refractivity contribution in [2.75, 3.05) is 12.3 Å². The van der Waals surface area contributed by atoms with Crippen molar-refractivity contribution in [1.29, 1.82) is 0 Å². The fourth-order valence-electron chi connectivity index (χ4n) is 3.14. The summed E-state index contributed by atoms with van der Waals surface area (Å²) >= 11 is 14.2. The highest BCUT2D eigenvalue weighted by molar-refractivity contribution is 8.00. The number of carbonyl (C=O) groups excluding carboxylic acids is 2. The number of amides is 2. The first kappa shape index (κ1) is 25.6. The molecule has 0 aliphatic carbocycles. The maximum atomic E-state index is 13.3. The number of hydrogen-bond donors (Lipinski definition) is 1. The Bertz CT molecular complexity index is 854. The van der Waals surface area contributed by atoms with Crippen LogP contribution >= 0.6 is 35.0 Å². The summed E-state index contributed by atoms with van der Waals surface area (Å²) in [7, 11) is 0. The molecule has 0 unspecified atom stereocenters. The minimum Gasteiger partial charge on any atom is -0.354 e. The number of unbranched alkanes of at least 4 members (excludes halogenated alkanes) is 1. The second kappa shape index (κ2) is 13.0. The van der Waals surface area contributed by atoms with E-state index in [9.17, 15) is 9.59 Å². The van der Waals surface area contributed by atoms with Crippen LogP contribution in [0, 0.1) is 6.92 Å². The Hall–Kier alpha value is -1.69. The summed E-state index contributed by atoms with van der Waals surface area (Å²) in [6, 6.07) is 12.7. The Balaban J connectivity index is 2.23. The molecule has 0 radical (unpaired) electrons. The average molecular weight is 481 g/mol. The number of nitrogens with one attached hydrogen (secondary N) is 1. The molecule has 0 aromatic heterocycles. The molecule has 1 atom stereocenters. The average Bonchev–Trinajstić information content (AvgIpc) is 2.75. The lowest BCUT2D eigenvalue weighted by Crippen LogP contribution is -2.49. The molecule has 0 saturated carbocycles. The molecule has 0 fully saturated rings. The van der Waals surface area contributed by atoms with Crippen LogP contribution in [0.5, 0.6) is 0 Å². The van der Waals surface area contributed by atoms with Crippen LogP contribution in [0.1, 0.15) is 44.2 Å². The maximum Gasteiger partial charge on any atom is 0.242 e. The van der Waals surface area contributed by atoms with Crippen molar-refractivity contribution >= 4 is 46.8 Å². The molecular weight excluding hydrogens is 451 g/mol. The maximum absolute atomic E-state index is 13.3. The van der Waals surface area contributed by atoms with E-state index in [1.54, 1.807) is 23.1 Å². The van der Waals surface area contributed by atoms with Gasteiger partial charge in [-0.05, 0) is 44.0 Å². The van der Waals surface area contributed by atoms with Crippen molar-refractivity contribution in [3.05, 3.63) is 63.6 Å². The van der Waals surface area contributed by atoms with Crippen LogP contribution < -0.4 is 5.32 Å².